The molecule has 1 saturated carbocycles. The van der Waals surface area contributed by atoms with Crippen molar-refractivity contribution < 1.29 is 9.53 Å². The van der Waals surface area contributed by atoms with Gasteiger partial charge in [-0.1, -0.05) is 0 Å². The molecule has 2 nitrogen and oxygen atoms in total. The highest BCUT2D eigenvalue weighted by molar-refractivity contribution is 5.58. The van der Waals surface area contributed by atoms with Gasteiger partial charge in [-0.25, -0.2) is 0 Å². The van der Waals surface area contributed by atoms with E-state index in [0.29, 0.717) is 17.8 Å². The Morgan fingerprint density at radius 1 is 1.45 bits per heavy atom. The van der Waals surface area contributed by atoms with Crippen LogP contribution in [-0.2, 0) is 9.53 Å². The summed E-state index contributed by atoms with van der Waals surface area (Å²) >= 11 is 0. The molecule has 0 N–H and O–H groups in total. The first-order chi connectivity index (χ1) is 5.42. The summed E-state index contributed by atoms with van der Waals surface area (Å²) in [4.78, 5) is 10.4. The van der Waals surface area contributed by atoms with Crippen LogP contribution in [0.25, 0.3) is 0 Å². The quantitative estimate of drug-likeness (QED) is 0.559. The molecule has 2 heteroatoms. The Bertz CT molecular complexity index is 150. The van der Waals surface area contributed by atoms with E-state index in [1.165, 1.54) is 12.8 Å². The molecule has 0 amide bonds. The minimum atomic E-state index is 0.377. The Hall–Kier alpha value is -0.370. The lowest BCUT2D eigenvalue weighted by Crippen LogP contribution is -2.19. The van der Waals surface area contributed by atoms with Crippen LogP contribution in [0.4, 0.5) is 0 Å². The molecule has 1 aliphatic carbocycles. The first kappa shape index (κ1) is 7.29. The van der Waals surface area contributed by atoms with Crippen molar-refractivity contribution in [2.24, 2.45) is 17.8 Å². The van der Waals surface area contributed by atoms with Crippen molar-refractivity contribution in [1.29, 1.82) is 0 Å². The second kappa shape index (κ2) is 2.94. The maximum absolute atomic E-state index is 10.4. The van der Waals surface area contributed by atoms with Gasteiger partial charge in [-0.3, -0.25) is 0 Å². The zero-order valence-corrected chi connectivity index (χ0v) is 6.66. The first-order valence-electron chi connectivity index (χ1n) is 4.45. The molecule has 1 aliphatic heterocycles. The number of rotatable bonds is 2. The third kappa shape index (κ3) is 1.45. The third-order valence-corrected chi connectivity index (χ3v) is 2.87. The van der Waals surface area contributed by atoms with Crippen LogP contribution in [0.3, 0.4) is 0 Å². The fraction of sp³-hybridized carbons (Fsp3) is 0.889. The number of aldehydes is 1. The SMILES string of the molecule is O=C[C@@H]1C[C@H]1[C@@H]1CCCOC1. The summed E-state index contributed by atoms with van der Waals surface area (Å²) in [5.41, 5.74) is 0. The fourth-order valence-electron chi connectivity index (χ4n) is 2.04. The van der Waals surface area contributed by atoms with Crippen LogP contribution in [0.1, 0.15) is 19.3 Å². The van der Waals surface area contributed by atoms with Crippen molar-refractivity contribution in [3.8, 4) is 0 Å². The lowest BCUT2D eigenvalue weighted by Gasteiger charge is -2.21. The van der Waals surface area contributed by atoms with Crippen molar-refractivity contribution in [2.75, 3.05) is 13.2 Å². The number of hydrogen-bond acceptors (Lipinski definition) is 2. The van der Waals surface area contributed by atoms with E-state index in [-0.39, 0.29) is 0 Å². The summed E-state index contributed by atoms with van der Waals surface area (Å²) < 4.78 is 5.36. The lowest BCUT2D eigenvalue weighted by atomic mass is 9.96. The minimum absolute atomic E-state index is 0.377. The van der Waals surface area contributed by atoms with E-state index < -0.39 is 0 Å². The topological polar surface area (TPSA) is 26.3 Å². The molecule has 62 valence electrons. The molecule has 0 bridgehead atoms. The highest BCUT2D eigenvalue weighted by Gasteiger charge is 2.42. The zero-order valence-electron chi connectivity index (χ0n) is 6.66. The van der Waals surface area contributed by atoms with Crippen LogP contribution >= 0.6 is 0 Å². The summed E-state index contributed by atoms with van der Waals surface area (Å²) in [6.45, 7) is 1.82. The molecule has 0 aromatic heterocycles. The van der Waals surface area contributed by atoms with E-state index in [0.717, 1.165) is 25.9 Å². The van der Waals surface area contributed by atoms with Crippen molar-refractivity contribution in [3.05, 3.63) is 0 Å². The number of carbonyl (C=O) groups excluding carboxylic acids is 1. The van der Waals surface area contributed by atoms with Crippen molar-refractivity contribution in [3.63, 3.8) is 0 Å². The van der Waals surface area contributed by atoms with E-state index in [1.807, 2.05) is 0 Å². The Labute approximate surface area is 66.9 Å². The molecular weight excluding hydrogens is 140 g/mol. The Morgan fingerprint density at radius 2 is 2.36 bits per heavy atom. The van der Waals surface area contributed by atoms with Gasteiger partial charge in [0.05, 0.1) is 0 Å². The monoisotopic (exact) mass is 154 g/mol. The minimum Gasteiger partial charge on any atom is -0.381 e. The van der Waals surface area contributed by atoms with Crippen LogP contribution in [0.5, 0.6) is 0 Å². The molecule has 2 fully saturated rings. The molecule has 0 aromatic carbocycles. The van der Waals surface area contributed by atoms with Gasteiger partial charge in [0, 0.05) is 19.1 Å². The number of carbonyl (C=O) groups is 1. The van der Waals surface area contributed by atoms with Gasteiger partial charge in [0.2, 0.25) is 0 Å². The average Bonchev–Trinajstić information content (AvgIpc) is 2.85. The molecule has 2 aliphatic rings. The summed E-state index contributed by atoms with van der Waals surface area (Å²) in [6.07, 6.45) is 4.69. The summed E-state index contributed by atoms with van der Waals surface area (Å²) in [5, 5.41) is 0. The van der Waals surface area contributed by atoms with Crippen LogP contribution < -0.4 is 0 Å². The summed E-state index contributed by atoms with van der Waals surface area (Å²) in [6, 6.07) is 0. The molecule has 2 rings (SSSR count). The van der Waals surface area contributed by atoms with E-state index in [1.54, 1.807) is 0 Å². The molecule has 1 heterocycles. The van der Waals surface area contributed by atoms with Gasteiger partial charge in [0.25, 0.3) is 0 Å². The fourth-order valence-corrected chi connectivity index (χ4v) is 2.04. The first-order valence-corrected chi connectivity index (χ1v) is 4.45. The lowest BCUT2D eigenvalue weighted by molar-refractivity contribution is -0.109. The maximum atomic E-state index is 10.4. The number of ether oxygens (including phenoxy) is 1. The van der Waals surface area contributed by atoms with Crippen molar-refractivity contribution in [2.45, 2.75) is 19.3 Å². The van der Waals surface area contributed by atoms with Gasteiger partial charge >= 0.3 is 0 Å². The maximum Gasteiger partial charge on any atom is 0.123 e. The Kier molecular flexibility index (Phi) is 1.95. The van der Waals surface area contributed by atoms with Gasteiger partial charge in [-0.05, 0) is 31.1 Å². The van der Waals surface area contributed by atoms with Crippen LogP contribution in [0, 0.1) is 17.8 Å². The van der Waals surface area contributed by atoms with Gasteiger partial charge in [0.1, 0.15) is 6.29 Å². The Balaban J connectivity index is 1.81. The highest BCUT2D eigenvalue weighted by atomic mass is 16.5. The Morgan fingerprint density at radius 3 is 2.91 bits per heavy atom. The molecule has 0 unspecified atom stereocenters. The van der Waals surface area contributed by atoms with Crippen molar-refractivity contribution in [1.82, 2.24) is 0 Å². The third-order valence-electron chi connectivity index (χ3n) is 2.87. The molecule has 11 heavy (non-hydrogen) atoms. The molecule has 3 atom stereocenters. The second-order valence-corrected chi connectivity index (χ2v) is 3.68. The number of hydrogen-bond donors (Lipinski definition) is 0. The largest absolute Gasteiger partial charge is 0.381 e. The van der Waals surface area contributed by atoms with Gasteiger partial charge in [-0.15, -0.1) is 0 Å². The molecule has 0 spiro atoms. The summed E-state index contributed by atoms with van der Waals surface area (Å²) in [5.74, 6) is 1.74. The smallest absolute Gasteiger partial charge is 0.123 e. The summed E-state index contributed by atoms with van der Waals surface area (Å²) in [7, 11) is 0. The van der Waals surface area contributed by atoms with Crippen LogP contribution in [0.2, 0.25) is 0 Å². The average molecular weight is 154 g/mol. The van der Waals surface area contributed by atoms with Gasteiger partial charge < -0.3 is 9.53 Å². The highest BCUT2D eigenvalue weighted by Crippen LogP contribution is 2.45. The van der Waals surface area contributed by atoms with Gasteiger partial charge in [-0.2, -0.15) is 0 Å². The molecule has 1 saturated heterocycles. The van der Waals surface area contributed by atoms with E-state index >= 15 is 0 Å². The van der Waals surface area contributed by atoms with Crippen LogP contribution in [0.15, 0.2) is 0 Å². The van der Waals surface area contributed by atoms with E-state index in [9.17, 15) is 4.79 Å². The van der Waals surface area contributed by atoms with E-state index in [2.05, 4.69) is 0 Å². The molecule has 0 radical (unpaired) electrons. The molecular formula is C9H14O2. The zero-order chi connectivity index (χ0) is 7.68. The normalized spacial score (nSPS) is 43.5. The van der Waals surface area contributed by atoms with E-state index in [4.69, 9.17) is 4.74 Å². The predicted molar refractivity (Wildman–Crippen MR) is 41.2 cm³/mol. The van der Waals surface area contributed by atoms with Crippen molar-refractivity contribution >= 4 is 6.29 Å². The molecule has 0 aromatic rings. The standard InChI is InChI=1S/C9H14O2/c10-5-8-4-9(8)7-2-1-3-11-6-7/h5,7-9H,1-4,6H2/t7-,8+,9+/m1/s1. The van der Waals surface area contributed by atoms with Crippen LogP contribution in [-0.4, -0.2) is 19.5 Å². The predicted octanol–water partition coefficient (Wildman–Crippen LogP) is 1.25. The van der Waals surface area contributed by atoms with Gasteiger partial charge in [0.15, 0.2) is 0 Å². The second-order valence-electron chi connectivity index (χ2n) is 3.68.